The van der Waals surface area contributed by atoms with Gasteiger partial charge in [0.1, 0.15) is 0 Å². The van der Waals surface area contributed by atoms with E-state index in [1.54, 1.807) is 16.7 Å². The Bertz CT molecular complexity index is 378. The molecule has 0 aliphatic carbocycles. The van der Waals surface area contributed by atoms with Crippen LogP contribution in [0.3, 0.4) is 0 Å². The van der Waals surface area contributed by atoms with E-state index >= 15 is 0 Å². The van der Waals surface area contributed by atoms with Crippen LogP contribution in [0.2, 0.25) is 0 Å². The quantitative estimate of drug-likeness (QED) is 0.754. The Labute approximate surface area is 87.3 Å². The predicted octanol–water partition coefficient (Wildman–Crippen LogP) is 1.21. The number of benzene rings is 1. The first kappa shape index (κ1) is 9.55. The molecule has 0 radical (unpaired) electrons. The molecule has 1 aromatic rings. The lowest BCUT2D eigenvalue weighted by atomic mass is 10.2. The minimum Gasteiger partial charge on any atom is -0.326 e. The molecule has 0 aromatic heterocycles. The summed E-state index contributed by atoms with van der Waals surface area (Å²) in [5.74, 6) is 0.681. The van der Waals surface area contributed by atoms with Crippen molar-refractivity contribution < 1.29 is 4.79 Å². The van der Waals surface area contributed by atoms with E-state index < -0.39 is 0 Å². The Balaban J connectivity index is 2.43. The van der Waals surface area contributed by atoms with Crippen molar-refractivity contribution in [3.05, 3.63) is 23.8 Å². The molecule has 74 valence electrons. The highest BCUT2D eigenvalue weighted by Gasteiger charge is 2.20. The van der Waals surface area contributed by atoms with Crippen LogP contribution in [0.15, 0.2) is 23.1 Å². The third kappa shape index (κ3) is 1.51. The largest absolute Gasteiger partial charge is 0.326 e. The number of hydrogen-bond donors (Lipinski definition) is 1. The molecule has 1 amide bonds. The molecule has 0 atom stereocenters. The molecule has 1 aliphatic heterocycles. The van der Waals surface area contributed by atoms with Crippen LogP contribution in [0.5, 0.6) is 0 Å². The number of thioether (sulfide) groups is 1. The maximum Gasteiger partial charge on any atom is 0.237 e. The first-order valence-electron chi connectivity index (χ1n) is 4.44. The maximum atomic E-state index is 11.4. The van der Waals surface area contributed by atoms with E-state index in [2.05, 4.69) is 6.07 Å². The van der Waals surface area contributed by atoms with Crippen molar-refractivity contribution in [2.45, 2.75) is 11.4 Å². The van der Waals surface area contributed by atoms with Crippen molar-refractivity contribution in [1.82, 2.24) is 0 Å². The first-order chi connectivity index (χ1) is 6.72. The Morgan fingerprint density at radius 3 is 3.07 bits per heavy atom. The topological polar surface area (TPSA) is 46.3 Å². The van der Waals surface area contributed by atoms with E-state index in [9.17, 15) is 4.79 Å². The molecule has 2 rings (SSSR count). The van der Waals surface area contributed by atoms with Crippen LogP contribution in [0, 0.1) is 0 Å². The summed E-state index contributed by atoms with van der Waals surface area (Å²) in [6, 6.07) is 5.99. The van der Waals surface area contributed by atoms with Crippen molar-refractivity contribution in [1.29, 1.82) is 0 Å². The third-order valence-corrected chi connectivity index (χ3v) is 3.38. The number of anilines is 1. The Kier molecular flexibility index (Phi) is 2.48. The van der Waals surface area contributed by atoms with Crippen LogP contribution in [0.4, 0.5) is 5.69 Å². The molecule has 0 bridgehead atoms. The Morgan fingerprint density at radius 2 is 2.36 bits per heavy atom. The molecule has 4 heteroatoms. The molecule has 3 nitrogen and oxygen atoms in total. The Hall–Kier alpha value is -1.00. The van der Waals surface area contributed by atoms with Gasteiger partial charge in [-0.25, -0.2) is 0 Å². The molecule has 0 unspecified atom stereocenters. The monoisotopic (exact) mass is 208 g/mol. The zero-order valence-electron chi connectivity index (χ0n) is 7.99. The van der Waals surface area contributed by atoms with Crippen molar-refractivity contribution in [2.75, 3.05) is 17.7 Å². The minimum absolute atomic E-state index is 0.156. The average molecular weight is 208 g/mol. The predicted molar refractivity (Wildman–Crippen MR) is 58.5 cm³/mol. The number of nitrogens with two attached hydrogens (primary N) is 1. The molecule has 1 aliphatic rings. The fourth-order valence-electron chi connectivity index (χ4n) is 1.45. The second-order valence-electron chi connectivity index (χ2n) is 3.25. The number of amides is 1. The molecule has 0 spiro atoms. The summed E-state index contributed by atoms with van der Waals surface area (Å²) in [6.07, 6.45) is 0. The van der Waals surface area contributed by atoms with E-state index in [0.717, 1.165) is 16.1 Å². The van der Waals surface area contributed by atoms with E-state index in [0.29, 0.717) is 12.3 Å². The van der Waals surface area contributed by atoms with Crippen LogP contribution in [0.1, 0.15) is 5.56 Å². The maximum absolute atomic E-state index is 11.4. The Morgan fingerprint density at radius 1 is 1.57 bits per heavy atom. The van der Waals surface area contributed by atoms with E-state index in [-0.39, 0.29) is 5.91 Å². The molecule has 0 saturated carbocycles. The highest BCUT2D eigenvalue weighted by molar-refractivity contribution is 8.00. The van der Waals surface area contributed by atoms with Gasteiger partial charge in [-0.15, -0.1) is 11.8 Å². The number of rotatable bonds is 1. The molecule has 0 fully saturated rings. The summed E-state index contributed by atoms with van der Waals surface area (Å²) >= 11 is 1.58. The average Bonchev–Trinajstić information content (AvgIpc) is 2.23. The SMILES string of the molecule is CN1C(=O)CSc2cc(CN)ccc21. The van der Waals surface area contributed by atoms with Gasteiger partial charge < -0.3 is 10.6 Å². The first-order valence-corrected chi connectivity index (χ1v) is 5.43. The molecule has 2 N–H and O–H groups in total. The highest BCUT2D eigenvalue weighted by atomic mass is 32.2. The summed E-state index contributed by atoms with van der Waals surface area (Å²) in [7, 11) is 1.81. The van der Waals surface area contributed by atoms with Gasteiger partial charge in [-0.1, -0.05) is 6.07 Å². The van der Waals surface area contributed by atoms with Gasteiger partial charge in [0.05, 0.1) is 11.4 Å². The summed E-state index contributed by atoms with van der Waals surface area (Å²) in [5, 5.41) is 0. The van der Waals surface area contributed by atoms with Crippen molar-refractivity contribution >= 4 is 23.4 Å². The summed E-state index contributed by atoms with van der Waals surface area (Å²) in [4.78, 5) is 14.2. The molecule has 1 aromatic carbocycles. The number of carbonyl (C=O) groups excluding carboxylic acids is 1. The number of fused-ring (bicyclic) bond motifs is 1. The van der Waals surface area contributed by atoms with Crippen molar-refractivity contribution in [3.8, 4) is 0 Å². The molecule has 0 saturated heterocycles. The normalized spacial score (nSPS) is 15.6. The van der Waals surface area contributed by atoms with Gasteiger partial charge in [0.2, 0.25) is 5.91 Å². The van der Waals surface area contributed by atoms with Gasteiger partial charge in [0, 0.05) is 18.5 Å². The zero-order chi connectivity index (χ0) is 10.1. The number of carbonyl (C=O) groups is 1. The van der Waals surface area contributed by atoms with Crippen LogP contribution in [0.25, 0.3) is 0 Å². The van der Waals surface area contributed by atoms with Crippen LogP contribution < -0.4 is 10.6 Å². The van der Waals surface area contributed by atoms with Crippen molar-refractivity contribution in [3.63, 3.8) is 0 Å². The summed E-state index contributed by atoms with van der Waals surface area (Å²) in [5.41, 5.74) is 7.65. The van der Waals surface area contributed by atoms with Crippen molar-refractivity contribution in [2.24, 2.45) is 5.73 Å². The second kappa shape index (κ2) is 3.63. The van der Waals surface area contributed by atoms with Crippen LogP contribution >= 0.6 is 11.8 Å². The highest BCUT2D eigenvalue weighted by Crippen LogP contribution is 2.34. The molecular weight excluding hydrogens is 196 g/mol. The minimum atomic E-state index is 0.156. The zero-order valence-corrected chi connectivity index (χ0v) is 8.80. The lowest BCUT2D eigenvalue weighted by Gasteiger charge is -2.25. The van der Waals surface area contributed by atoms with E-state index in [1.807, 2.05) is 19.2 Å². The number of nitrogens with zero attached hydrogens (tertiary/aromatic N) is 1. The number of hydrogen-bond acceptors (Lipinski definition) is 3. The van der Waals surface area contributed by atoms with Gasteiger partial charge in [-0.2, -0.15) is 0 Å². The molecular formula is C10H12N2OS. The lowest BCUT2D eigenvalue weighted by Crippen LogP contribution is -2.31. The van der Waals surface area contributed by atoms with Gasteiger partial charge in [-0.05, 0) is 17.7 Å². The smallest absolute Gasteiger partial charge is 0.237 e. The van der Waals surface area contributed by atoms with Gasteiger partial charge >= 0.3 is 0 Å². The van der Waals surface area contributed by atoms with Crippen LogP contribution in [-0.4, -0.2) is 18.7 Å². The molecule has 14 heavy (non-hydrogen) atoms. The fraction of sp³-hybridized carbons (Fsp3) is 0.300. The standard InChI is InChI=1S/C10H12N2OS/c1-12-8-3-2-7(5-11)4-9(8)14-6-10(12)13/h2-4H,5-6,11H2,1H3. The van der Waals surface area contributed by atoms with Gasteiger partial charge in [0.15, 0.2) is 0 Å². The van der Waals surface area contributed by atoms with Gasteiger partial charge in [0.25, 0.3) is 0 Å². The lowest BCUT2D eigenvalue weighted by molar-refractivity contribution is -0.116. The van der Waals surface area contributed by atoms with Crippen LogP contribution in [-0.2, 0) is 11.3 Å². The van der Waals surface area contributed by atoms with E-state index in [4.69, 9.17) is 5.73 Å². The fourth-order valence-corrected chi connectivity index (χ4v) is 2.51. The van der Waals surface area contributed by atoms with E-state index in [1.165, 1.54) is 0 Å². The summed E-state index contributed by atoms with van der Waals surface area (Å²) in [6.45, 7) is 0.547. The van der Waals surface area contributed by atoms with Gasteiger partial charge in [-0.3, -0.25) is 4.79 Å². The second-order valence-corrected chi connectivity index (χ2v) is 4.26. The molecule has 1 heterocycles. The summed E-state index contributed by atoms with van der Waals surface area (Å²) < 4.78 is 0. The third-order valence-electron chi connectivity index (χ3n) is 2.35.